The minimum absolute atomic E-state index is 0.0659. The second kappa shape index (κ2) is 8.11. The summed E-state index contributed by atoms with van der Waals surface area (Å²) in [7, 11) is 0. The van der Waals surface area contributed by atoms with Crippen molar-refractivity contribution < 1.29 is 31.5 Å². The zero-order valence-electron chi connectivity index (χ0n) is 16.5. The predicted octanol–water partition coefficient (Wildman–Crippen LogP) is 5.10. The first kappa shape index (κ1) is 21.5. The number of amides is 1. The molecule has 2 aliphatic rings. The quantitative estimate of drug-likeness (QED) is 0.658. The molecule has 0 bridgehead atoms. The van der Waals surface area contributed by atoms with E-state index in [2.05, 4.69) is 15.0 Å². The Morgan fingerprint density at radius 1 is 1.06 bits per heavy atom. The van der Waals surface area contributed by atoms with Crippen LogP contribution >= 0.6 is 0 Å². The molecule has 2 aromatic rings. The lowest BCUT2D eigenvalue weighted by atomic mass is 9.90. The van der Waals surface area contributed by atoms with Crippen molar-refractivity contribution in [2.24, 2.45) is 11.3 Å². The maximum Gasteiger partial charge on any atom is 0.573 e. The molecule has 1 aliphatic carbocycles. The number of anilines is 1. The summed E-state index contributed by atoms with van der Waals surface area (Å²) in [4.78, 5) is 14.7. The SMILES string of the molecule is O=C(Nc1ccc(F)c(F)c1)C1CC12CCN(Cc1ccc(OC(F)(F)F)cc1)CC2. The number of likely N-dealkylation sites (tertiary alicyclic amines) is 1. The largest absolute Gasteiger partial charge is 0.573 e. The van der Waals surface area contributed by atoms with Gasteiger partial charge in [0.15, 0.2) is 11.6 Å². The van der Waals surface area contributed by atoms with Gasteiger partial charge in [-0.3, -0.25) is 9.69 Å². The Hall–Kier alpha value is -2.68. The van der Waals surface area contributed by atoms with Gasteiger partial charge in [0.2, 0.25) is 5.91 Å². The molecular formula is C22H21F5N2O2. The van der Waals surface area contributed by atoms with E-state index in [0.29, 0.717) is 6.54 Å². The summed E-state index contributed by atoms with van der Waals surface area (Å²) in [5.74, 6) is -2.55. The molecule has 2 aromatic carbocycles. The molecule has 1 unspecified atom stereocenters. The van der Waals surface area contributed by atoms with E-state index >= 15 is 0 Å². The smallest absolute Gasteiger partial charge is 0.406 e. The number of hydrogen-bond donors (Lipinski definition) is 1. The number of piperidine rings is 1. The fourth-order valence-corrected chi connectivity index (χ4v) is 4.29. The van der Waals surface area contributed by atoms with Crippen LogP contribution in [0.3, 0.4) is 0 Å². The van der Waals surface area contributed by atoms with Crippen LogP contribution in [-0.4, -0.2) is 30.3 Å². The Labute approximate surface area is 176 Å². The molecule has 1 aliphatic heterocycles. The highest BCUT2D eigenvalue weighted by atomic mass is 19.4. The average molecular weight is 440 g/mol. The number of nitrogens with zero attached hydrogens (tertiary/aromatic N) is 1. The van der Waals surface area contributed by atoms with Gasteiger partial charge in [0.25, 0.3) is 0 Å². The lowest BCUT2D eigenvalue weighted by Gasteiger charge is -2.32. The summed E-state index contributed by atoms with van der Waals surface area (Å²) in [5.41, 5.74) is 1.05. The van der Waals surface area contributed by atoms with Crippen molar-refractivity contribution in [3.63, 3.8) is 0 Å². The molecule has 1 spiro atoms. The molecule has 1 atom stereocenters. The van der Waals surface area contributed by atoms with Crippen LogP contribution in [0.2, 0.25) is 0 Å². The summed E-state index contributed by atoms with van der Waals surface area (Å²) < 4.78 is 67.0. The highest BCUT2D eigenvalue weighted by Gasteiger charge is 2.58. The van der Waals surface area contributed by atoms with E-state index < -0.39 is 18.0 Å². The maximum atomic E-state index is 13.3. The Bertz CT molecular complexity index is 953. The molecule has 166 valence electrons. The molecule has 31 heavy (non-hydrogen) atoms. The van der Waals surface area contributed by atoms with E-state index in [9.17, 15) is 26.7 Å². The van der Waals surface area contributed by atoms with Crippen LogP contribution in [0.5, 0.6) is 5.75 Å². The molecular weight excluding hydrogens is 419 g/mol. The summed E-state index contributed by atoms with van der Waals surface area (Å²) in [5, 5.41) is 2.66. The van der Waals surface area contributed by atoms with E-state index in [1.807, 2.05) is 0 Å². The molecule has 4 rings (SSSR count). The molecule has 9 heteroatoms. The number of ether oxygens (including phenoxy) is 1. The maximum absolute atomic E-state index is 13.3. The number of halogens is 5. The Kier molecular flexibility index (Phi) is 5.63. The van der Waals surface area contributed by atoms with Gasteiger partial charge in [0.1, 0.15) is 5.75 Å². The van der Waals surface area contributed by atoms with Crippen LogP contribution in [0.25, 0.3) is 0 Å². The topological polar surface area (TPSA) is 41.6 Å². The third-order valence-corrected chi connectivity index (χ3v) is 6.11. The Balaban J connectivity index is 1.26. The standard InChI is InChI=1S/C22H21F5N2O2/c23-18-6-3-15(11-19(18)24)28-20(30)17-12-21(17)7-9-29(10-8-21)13-14-1-4-16(5-2-14)31-22(25,26)27/h1-6,11,17H,7-10,12-13H2,(H,28,30). The van der Waals surface area contributed by atoms with E-state index in [4.69, 9.17) is 0 Å². The normalized spacial score (nSPS) is 20.5. The molecule has 0 aromatic heterocycles. The highest BCUT2D eigenvalue weighted by Crippen LogP contribution is 2.59. The number of carbonyl (C=O) groups is 1. The number of carbonyl (C=O) groups excluding carboxylic acids is 1. The molecule has 2 fully saturated rings. The highest BCUT2D eigenvalue weighted by molar-refractivity contribution is 5.95. The monoisotopic (exact) mass is 440 g/mol. The second-order valence-electron chi connectivity index (χ2n) is 8.21. The van der Waals surface area contributed by atoms with Gasteiger partial charge >= 0.3 is 6.36 Å². The van der Waals surface area contributed by atoms with E-state index in [1.165, 1.54) is 18.2 Å². The van der Waals surface area contributed by atoms with Crippen LogP contribution in [0, 0.1) is 23.0 Å². The molecule has 1 heterocycles. The molecule has 0 radical (unpaired) electrons. The van der Waals surface area contributed by atoms with Crippen LogP contribution in [0.1, 0.15) is 24.8 Å². The lowest BCUT2D eigenvalue weighted by molar-refractivity contribution is -0.274. The van der Waals surface area contributed by atoms with Crippen molar-refractivity contribution in [1.29, 1.82) is 0 Å². The van der Waals surface area contributed by atoms with Crippen molar-refractivity contribution in [3.05, 3.63) is 59.7 Å². The van der Waals surface area contributed by atoms with Crippen molar-refractivity contribution in [1.82, 2.24) is 4.90 Å². The number of hydrogen-bond acceptors (Lipinski definition) is 3. The molecule has 1 saturated carbocycles. The fourth-order valence-electron chi connectivity index (χ4n) is 4.29. The van der Waals surface area contributed by atoms with Crippen LogP contribution < -0.4 is 10.1 Å². The van der Waals surface area contributed by atoms with Gasteiger partial charge in [-0.2, -0.15) is 0 Å². The zero-order valence-corrected chi connectivity index (χ0v) is 16.5. The molecule has 1 saturated heterocycles. The Morgan fingerprint density at radius 3 is 2.35 bits per heavy atom. The van der Waals surface area contributed by atoms with Crippen molar-refractivity contribution in [2.45, 2.75) is 32.2 Å². The zero-order chi connectivity index (χ0) is 22.2. The van der Waals surface area contributed by atoms with Gasteiger partial charge < -0.3 is 10.1 Å². The molecule has 1 amide bonds. The second-order valence-corrected chi connectivity index (χ2v) is 8.21. The number of nitrogens with one attached hydrogen (secondary N) is 1. The number of alkyl halides is 3. The molecule has 1 N–H and O–H groups in total. The lowest BCUT2D eigenvalue weighted by Crippen LogP contribution is -2.35. The third kappa shape index (κ3) is 5.15. The third-order valence-electron chi connectivity index (χ3n) is 6.11. The van der Waals surface area contributed by atoms with E-state index in [1.54, 1.807) is 12.1 Å². The summed E-state index contributed by atoms with van der Waals surface area (Å²) in [6, 6.07) is 9.10. The minimum Gasteiger partial charge on any atom is -0.406 e. The van der Waals surface area contributed by atoms with Crippen molar-refractivity contribution >= 4 is 11.6 Å². The Morgan fingerprint density at radius 2 is 1.74 bits per heavy atom. The van der Waals surface area contributed by atoms with Gasteiger partial charge in [-0.1, -0.05) is 12.1 Å². The van der Waals surface area contributed by atoms with Gasteiger partial charge in [0.05, 0.1) is 0 Å². The van der Waals surface area contributed by atoms with E-state index in [0.717, 1.165) is 50.0 Å². The van der Waals surface area contributed by atoms with Crippen LogP contribution in [0.4, 0.5) is 27.6 Å². The average Bonchev–Trinajstić information content (AvgIpc) is 3.41. The first-order valence-electron chi connectivity index (χ1n) is 9.97. The van der Waals surface area contributed by atoms with Crippen LogP contribution in [0.15, 0.2) is 42.5 Å². The first-order chi connectivity index (χ1) is 14.6. The predicted molar refractivity (Wildman–Crippen MR) is 103 cm³/mol. The summed E-state index contributed by atoms with van der Waals surface area (Å²) in [6.45, 7) is 2.15. The molecule has 4 nitrogen and oxygen atoms in total. The minimum atomic E-state index is -4.71. The summed E-state index contributed by atoms with van der Waals surface area (Å²) >= 11 is 0. The number of benzene rings is 2. The van der Waals surface area contributed by atoms with Gasteiger partial charge in [-0.05, 0) is 67.6 Å². The summed E-state index contributed by atoms with van der Waals surface area (Å²) in [6.07, 6.45) is -2.28. The van der Waals surface area contributed by atoms with Gasteiger partial charge in [-0.15, -0.1) is 13.2 Å². The van der Waals surface area contributed by atoms with Crippen molar-refractivity contribution in [2.75, 3.05) is 18.4 Å². The fraction of sp³-hybridized carbons (Fsp3) is 0.409. The van der Waals surface area contributed by atoms with Gasteiger partial charge in [-0.25, -0.2) is 8.78 Å². The van der Waals surface area contributed by atoms with Gasteiger partial charge in [0, 0.05) is 24.2 Å². The number of rotatable bonds is 5. The van der Waals surface area contributed by atoms with Crippen LogP contribution in [-0.2, 0) is 11.3 Å². The van der Waals surface area contributed by atoms with E-state index in [-0.39, 0.29) is 28.7 Å². The van der Waals surface area contributed by atoms with Crippen molar-refractivity contribution in [3.8, 4) is 5.75 Å². The first-order valence-corrected chi connectivity index (χ1v) is 9.97.